The molecule has 0 aliphatic carbocycles. The summed E-state index contributed by atoms with van der Waals surface area (Å²) < 4.78 is 0.918. The molecule has 1 aromatic heterocycles. The molecule has 0 atom stereocenters. The minimum atomic E-state index is 0.569. The lowest BCUT2D eigenvalue weighted by Gasteiger charge is -2.09. The molecule has 0 bridgehead atoms. The molecule has 0 unspecified atom stereocenters. The van der Waals surface area contributed by atoms with E-state index in [9.17, 15) is 0 Å². The van der Waals surface area contributed by atoms with E-state index in [-0.39, 0.29) is 0 Å². The van der Waals surface area contributed by atoms with Gasteiger partial charge in [0.2, 0.25) is 0 Å². The van der Waals surface area contributed by atoms with Crippen molar-refractivity contribution in [3.63, 3.8) is 0 Å². The minimum absolute atomic E-state index is 0.569. The molecule has 5 heteroatoms. The summed E-state index contributed by atoms with van der Waals surface area (Å²) in [5, 5.41) is 9.02. The molecule has 27 heavy (non-hydrogen) atoms. The molecular weight excluding hydrogens is 400 g/mol. The van der Waals surface area contributed by atoms with Gasteiger partial charge in [0, 0.05) is 21.2 Å². The average molecular weight is 413 g/mol. The van der Waals surface area contributed by atoms with Crippen LogP contribution in [-0.4, -0.2) is 15.0 Å². The summed E-state index contributed by atoms with van der Waals surface area (Å²) in [6.07, 6.45) is 0. The minimum Gasteiger partial charge on any atom is -0.208 e. The maximum atomic E-state index is 9.02. The monoisotopic (exact) mass is 412 g/mol. The number of benzene rings is 3. The molecule has 0 saturated carbocycles. The van der Waals surface area contributed by atoms with Crippen LogP contribution in [0.25, 0.3) is 34.2 Å². The third-order valence-corrected chi connectivity index (χ3v) is 4.75. The van der Waals surface area contributed by atoms with Gasteiger partial charge in [-0.05, 0) is 30.3 Å². The Morgan fingerprint density at radius 1 is 0.630 bits per heavy atom. The van der Waals surface area contributed by atoms with Gasteiger partial charge in [-0.1, -0.05) is 64.5 Å². The number of nitrogens with zero attached hydrogens (tertiary/aromatic N) is 4. The van der Waals surface area contributed by atoms with E-state index in [0.29, 0.717) is 23.0 Å². The number of aromatic nitrogens is 3. The Balaban J connectivity index is 1.91. The number of hydrogen-bond donors (Lipinski definition) is 0. The number of hydrogen-bond acceptors (Lipinski definition) is 4. The van der Waals surface area contributed by atoms with Crippen LogP contribution in [0.4, 0.5) is 0 Å². The molecule has 0 aliphatic heterocycles. The van der Waals surface area contributed by atoms with Crippen LogP contribution in [0, 0.1) is 11.3 Å². The van der Waals surface area contributed by atoms with E-state index in [0.717, 1.165) is 21.2 Å². The van der Waals surface area contributed by atoms with Gasteiger partial charge in [0.05, 0.1) is 11.6 Å². The van der Waals surface area contributed by atoms with Gasteiger partial charge >= 0.3 is 0 Å². The van der Waals surface area contributed by atoms with E-state index < -0.39 is 0 Å². The van der Waals surface area contributed by atoms with Gasteiger partial charge < -0.3 is 0 Å². The van der Waals surface area contributed by atoms with Crippen molar-refractivity contribution in [1.82, 2.24) is 15.0 Å². The SMILES string of the molecule is N#Cc1ccc(-c2nc(-c3ccccc3)nc(-c3ccccc3Br)n2)cc1. The Bertz CT molecular complexity index is 1130. The van der Waals surface area contributed by atoms with Gasteiger partial charge in [-0.2, -0.15) is 5.26 Å². The van der Waals surface area contributed by atoms with Crippen molar-refractivity contribution in [2.75, 3.05) is 0 Å². The van der Waals surface area contributed by atoms with Crippen LogP contribution in [0.15, 0.2) is 83.3 Å². The van der Waals surface area contributed by atoms with E-state index in [1.54, 1.807) is 12.1 Å². The summed E-state index contributed by atoms with van der Waals surface area (Å²) in [5.74, 6) is 1.77. The Labute approximate surface area is 165 Å². The standard InChI is InChI=1S/C22H13BrN4/c23-19-9-5-4-8-18(19)22-26-20(16-6-2-1-3-7-16)25-21(27-22)17-12-10-15(14-24)11-13-17/h1-13H. The smallest absolute Gasteiger partial charge is 0.165 e. The molecule has 0 radical (unpaired) electrons. The van der Waals surface area contributed by atoms with Crippen molar-refractivity contribution in [2.45, 2.75) is 0 Å². The van der Waals surface area contributed by atoms with Crippen molar-refractivity contribution < 1.29 is 0 Å². The third kappa shape index (κ3) is 3.62. The highest BCUT2D eigenvalue weighted by molar-refractivity contribution is 9.10. The lowest BCUT2D eigenvalue weighted by atomic mass is 10.1. The molecule has 128 valence electrons. The first kappa shape index (κ1) is 17.1. The van der Waals surface area contributed by atoms with E-state index in [1.165, 1.54) is 0 Å². The molecule has 0 aliphatic rings. The van der Waals surface area contributed by atoms with Crippen LogP contribution in [0.3, 0.4) is 0 Å². The summed E-state index contributed by atoms with van der Waals surface area (Å²) in [5.41, 5.74) is 3.25. The summed E-state index contributed by atoms with van der Waals surface area (Å²) >= 11 is 3.58. The van der Waals surface area contributed by atoms with Crippen molar-refractivity contribution in [1.29, 1.82) is 5.26 Å². The van der Waals surface area contributed by atoms with Crippen LogP contribution in [0.1, 0.15) is 5.56 Å². The molecule has 3 aromatic carbocycles. The van der Waals surface area contributed by atoms with Crippen LogP contribution in [-0.2, 0) is 0 Å². The predicted octanol–water partition coefficient (Wildman–Crippen LogP) is 5.51. The molecule has 4 aromatic rings. The maximum Gasteiger partial charge on any atom is 0.165 e. The molecule has 0 N–H and O–H groups in total. The number of rotatable bonds is 3. The lowest BCUT2D eigenvalue weighted by Crippen LogP contribution is -2.00. The Morgan fingerprint density at radius 3 is 1.81 bits per heavy atom. The fourth-order valence-corrected chi connectivity index (χ4v) is 3.14. The predicted molar refractivity (Wildman–Crippen MR) is 109 cm³/mol. The van der Waals surface area contributed by atoms with Gasteiger partial charge in [0.1, 0.15) is 0 Å². The molecule has 0 spiro atoms. The van der Waals surface area contributed by atoms with E-state index in [4.69, 9.17) is 5.26 Å². The van der Waals surface area contributed by atoms with E-state index in [1.807, 2.05) is 66.7 Å². The second-order valence-electron chi connectivity index (χ2n) is 5.84. The van der Waals surface area contributed by atoms with Gasteiger partial charge in [0.15, 0.2) is 17.5 Å². The third-order valence-electron chi connectivity index (χ3n) is 4.05. The molecule has 4 nitrogen and oxygen atoms in total. The second-order valence-corrected chi connectivity index (χ2v) is 6.70. The van der Waals surface area contributed by atoms with Gasteiger partial charge in [-0.3, -0.25) is 0 Å². The second kappa shape index (κ2) is 7.48. The van der Waals surface area contributed by atoms with Crippen molar-refractivity contribution in [3.05, 3.63) is 88.9 Å². The van der Waals surface area contributed by atoms with Crippen LogP contribution in [0.2, 0.25) is 0 Å². The van der Waals surface area contributed by atoms with E-state index >= 15 is 0 Å². The van der Waals surface area contributed by atoms with Crippen LogP contribution < -0.4 is 0 Å². The summed E-state index contributed by atoms with van der Waals surface area (Å²) in [6.45, 7) is 0. The Morgan fingerprint density at radius 2 is 1.19 bits per heavy atom. The molecule has 0 amide bonds. The Hall–Kier alpha value is -3.36. The maximum absolute atomic E-state index is 9.02. The van der Waals surface area contributed by atoms with Gasteiger partial charge in [-0.25, -0.2) is 15.0 Å². The van der Waals surface area contributed by atoms with Crippen molar-refractivity contribution in [2.24, 2.45) is 0 Å². The summed E-state index contributed by atoms with van der Waals surface area (Å²) in [7, 11) is 0. The summed E-state index contributed by atoms with van der Waals surface area (Å²) in [4.78, 5) is 14.0. The topological polar surface area (TPSA) is 62.5 Å². The lowest BCUT2D eigenvalue weighted by molar-refractivity contribution is 1.07. The zero-order chi connectivity index (χ0) is 18.6. The van der Waals surface area contributed by atoms with Gasteiger partial charge in [-0.15, -0.1) is 0 Å². The highest BCUT2D eigenvalue weighted by Crippen LogP contribution is 2.29. The fourth-order valence-electron chi connectivity index (χ4n) is 2.68. The first-order valence-electron chi connectivity index (χ1n) is 8.31. The van der Waals surface area contributed by atoms with Crippen LogP contribution >= 0.6 is 15.9 Å². The Kier molecular flexibility index (Phi) is 4.73. The number of halogens is 1. The zero-order valence-corrected chi connectivity index (χ0v) is 15.8. The van der Waals surface area contributed by atoms with E-state index in [2.05, 4.69) is 37.0 Å². The average Bonchev–Trinajstić information content (AvgIpc) is 2.74. The van der Waals surface area contributed by atoms with Crippen molar-refractivity contribution >= 4 is 15.9 Å². The first-order chi connectivity index (χ1) is 13.2. The molecule has 4 rings (SSSR count). The zero-order valence-electron chi connectivity index (χ0n) is 14.2. The molecule has 1 heterocycles. The number of nitriles is 1. The quantitative estimate of drug-likeness (QED) is 0.445. The molecule has 0 saturated heterocycles. The summed E-state index contributed by atoms with van der Waals surface area (Å²) in [6, 6.07) is 27.0. The fraction of sp³-hybridized carbons (Fsp3) is 0. The van der Waals surface area contributed by atoms with Crippen molar-refractivity contribution in [3.8, 4) is 40.2 Å². The highest BCUT2D eigenvalue weighted by atomic mass is 79.9. The van der Waals surface area contributed by atoms with Crippen LogP contribution in [0.5, 0.6) is 0 Å². The highest BCUT2D eigenvalue weighted by Gasteiger charge is 2.13. The molecular formula is C22H13BrN4. The largest absolute Gasteiger partial charge is 0.208 e. The first-order valence-corrected chi connectivity index (χ1v) is 9.11. The molecule has 0 fully saturated rings. The van der Waals surface area contributed by atoms with Gasteiger partial charge in [0.25, 0.3) is 0 Å². The normalized spacial score (nSPS) is 10.4.